The van der Waals surface area contributed by atoms with Crippen LogP contribution in [0, 0.1) is 5.82 Å². The third-order valence-corrected chi connectivity index (χ3v) is 5.52. The lowest BCUT2D eigenvalue weighted by Crippen LogP contribution is -2.56. The molecule has 2 saturated heterocycles. The molecule has 6 nitrogen and oxygen atoms in total. The minimum atomic E-state index is -0.555. The SMILES string of the molecule is CN(CCN1CCCC1)C(=O)C[C@@H]1C(=O)NCCN1Cc1ccccc1F. The third-order valence-electron chi connectivity index (χ3n) is 5.52. The molecule has 2 fully saturated rings. The molecule has 0 radical (unpaired) electrons. The van der Waals surface area contributed by atoms with Crippen LogP contribution < -0.4 is 5.32 Å². The van der Waals surface area contributed by atoms with Gasteiger partial charge in [-0.3, -0.25) is 14.5 Å². The van der Waals surface area contributed by atoms with Crippen LogP contribution in [0.2, 0.25) is 0 Å². The fraction of sp³-hybridized carbons (Fsp3) is 0.600. The molecule has 1 aromatic rings. The van der Waals surface area contributed by atoms with Gasteiger partial charge in [0.1, 0.15) is 5.82 Å². The van der Waals surface area contributed by atoms with Crippen LogP contribution in [0.3, 0.4) is 0 Å². The lowest BCUT2D eigenvalue weighted by molar-refractivity contribution is -0.138. The minimum absolute atomic E-state index is 0.0465. The van der Waals surface area contributed by atoms with Gasteiger partial charge in [0, 0.05) is 45.3 Å². The predicted molar refractivity (Wildman–Crippen MR) is 102 cm³/mol. The Morgan fingerprint density at radius 2 is 2.00 bits per heavy atom. The molecule has 0 spiro atoms. The lowest BCUT2D eigenvalue weighted by Gasteiger charge is -2.35. The second kappa shape index (κ2) is 9.28. The van der Waals surface area contributed by atoms with Gasteiger partial charge in [-0.2, -0.15) is 0 Å². The number of carbonyl (C=O) groups is 2. The number of halogens is 1. The Balaban J connectivity index is 1.58. The van der Waals surface area contributed by atoms with Crippen LogP contribution in [0.1, 0.15) is 24.8 Å². The molecule has 0 aromatic heterocycles. The van der Waals surface area contributed by atoms with Crippen molar-refractivity contribution in [1.29, 1.82) is 0 Å². The number of hydrogen-bond donors (Lipinski definition) is 1. The summed E-state index contributed by atoms with van der Waals surface area (Å²) >= 11 is 0. The molecule has 2 aliphatic heterocycles. The van der Waals surface area contributed by atoms with Crippen molar-refractivity contribution < 1.29 is 14.0 Å². The van der Waals surface area contributed by atoms with E-state index in [1.54, 1.807) is 30.1 Å². The average Bonchev–Trinajstić information content (AvgIpc) is 3.18. The Hall–Kier alpha value is -1.99. The van der Waals surface area contributed by atoms with Crippen molar-refractivity contribution >= 4 is 11.8 Å². The standard InChI is InChI=1S/C20H29FN4O2/c1-23(12-13-24-9-4-5-10-24)19(26)14-18-20(27)22-8-11-25(18)15-16-6-2-3-7-17(16)21/h2-3,6-7,18H,4-5,8-15H2,1H3,(H,22,27)/t18-/m1/s1. The summed E-state index contributed by atoms with van der Waals surface area (Å²) in [6, 6.07) is 6.03. The van der Waals surface area contributed by atoms with E-state index in [0.29, 0.717) is 31.7 Å². The summed E-state index contributed by atoms with van der Waals surface area (Å²) in [5, 5.41) is 2.83. The van der Waals surface area contributed by atoms with Crippen LogP contribution in [0.5, 0.6) is 0 Å². The quantitative estimate of drug-likeness (QED) is 0.774. The number of likely N-dealkylation sites (N-methyl/N-ethyl adjacent to an activating group) is 1. The van der Waals surface area contributed by atoms with Crippen LogP contribution in [0.4, 0.5) is 4.39 Å². The molecule has 1 N–H and O–H groups in total. The Kier molecular flexibility index (Phi) is 6.79. The molecule has 2 amide bonds. The maximum Gasteiger partial charge on any atom is 0.237 e. The number of carbonyl (C=O) groups excluding carboxylic acids is 2. The Morgan fingerprint density at radius 3 is 2.74 bits per heavy atom. The molecule has 0 saturated carbocycles. The molecule has 7 heteroatoms. The number of nitrogens with one attached hydrogen (secondary N) is 1. The lowest BCUT2D eigenvalue weighted by atomic mass is 10.1. The number of hydrogen-bond acceptors (Lipinski definition) is 4. The number of piperazine rings is 1. The van der Waals surface area contributed by atoms with Crippen molar-refractivity contribution in [2.24, 2.45) is 0 Å². The normalized spacial score (nSPS) is 21.3. The van der Waals surface area contributed by atoms with Crippen molar-refractivity contribution in [2.45, 2.75) is 31.8 Å². The van der Waals surface area contributed by atoms with Gasteiger partial charge >= 0.3 is 0 Å². The molecule has 148 valence electrons. The summed E-state index contributed by atoms with van der Waals surface area (Å²) in [4.78, 5) is 31.0. The topological polar surface area (TPSA) is 55.9 Å². The zero-order valence-corrected chi connectivity index (χ0v) is 16.0. The van der Waals surface area contributed by atoms with E-state index < -0.39 is 6.04 Å². The Morgan fingerprint density at radius 1 is 1.26 bits per heavy atom. The molecule has 0 bridgehead atoms. The molecular weight excluding hydrogens is 347 g/mol. The summed E-state index contributed by atoms with van der Waals surface area (Å²) < 4.78 is 14.0. The van der Waals surface area contributed by atoms with Crippen molar-refractivity contribution in [3.63, 3.8) is 0 Å². The zero-order chi connectivity index (χ0) is 19.2. The number of likely N-dealkylation sites (tertiary alicyclic amines) is 1. The molecule has 1 aromatic carbocycles. The first-order valence-electron chi connectivity index (χ1n) is 9.76. The van der Waals surface area contributed by atoms with Gasteiger partial charge in [-0.1, -0.05) is 18.2 Å². The summed E-state index contributed by atoms with van der Waals surface area (Å²) in [6.07, 6.45) is 2.58. The van der Waals surface area contributed by atoms with E-state index in [2.05, 4.69) is 10.2 Å². The Bertz CT molecular complexity index is 663. The van der Waals surface area contributed by atoms with Gasteiger partial charge in [0.15, 0.2) is 0 Å². The first kappa shape index (κ1) is 19.8. The maximum atomic E-state index is 14.0. The van der Waals surface area contributed by atoms with Crippen molar-refractivity contribution in [1.82, 2.24) is 20.0 Å². The molecule has 0 aliphatic carbocycles. The van der Waals surface area contributed by atoms with Crippen LogP contribution in [0.15, 0.2) is 24.3 Å². The molecule has 27 heavy (non-hydrogen) atoms. The first-order chi connectivity index (χ1) is 13.0. The van der Waals surface area contributed by atoms with Gasteiger partial charge < -0.3 is 15.1 Å². The highest BCUT2D eigenvalue weighted by Gasteiger charge is 2.32. The molecule has 3 rings (SSSR count). The van der Waals surface area contributed by atoms with Crippen molar-refractivity contribution in [3.05, 3.63) is 35.6 Å². The zero-order valence-electron chi connectivity index (χ0n) is 16.0. The summed E-state index contributed by atoms with van der Waals surface area (Å²) in [5.74, 6) is -0.482. The van der Waals surface area contributed by atoms with Crippen LogP contribution in [-0.2, 0) is 16.1 Å². The second-order valence-corrected chi connectivity index (χ2v) is 7.44. The van der Waals surface area contributed by atoms with Crippen LogP contribution in [-0.4, -0.2) is 78.9 Å². The molecule has 0 unspecified atom stereocenters. The number of benzene rings is 1. The van der Waals surface area contributed by atoms with Gasteiger partial charge in [-0.05, 0) is 32.0 Å². The highest BCUT2D eigenvalue weighted by molar-refractivity contribution is 5.88. The maximum absolute atomic E-state index is 14.0. The fourth-order valence-corrected chi connectivity index (χ4v) is 3.76. The molecule has 2 heterocycles. The smallest absolute Gasteiger partial charge is 0.237 e. The van der Waals surface area contributed by atoms with Gasteiger partial charge in [0.25, 0.3) is 0 Å². The summed E-state index contributed by atoms with van der Waals surface area (Å²) in [6.45, 7) is 5.19. The van der Waals surface area contributed by atoms with E-state index in [0.717, 1.165) is 19.6 Å². The van der Waals surface area contributed by atoms with Gasteiger partial charge in [-0.15, -0.1) is 0 Å². The number of amides is 2. The fourth-order valence-electron chi connectivity index (χ4n) is 3.76. The van der Waals surface area contributed by atoms with Gasteiger partial charge in [0.05, 0.1) is 12.5 Å². The largest absolute Gasteiger partial charge is 0.353 e. The van der Waals surface area contributed by atoms with E-state index >= 15 is 0 Å². The molecule has 2 aliphatic rings. The van der Waals surface area contributed by atoms with E-state index in [4.69, 9.17) is 0 Å². The predicted octanol–water partition coefficient (Wildman–Crippen LogP) is 1.07. The van der Waals surface area contributed by atoms with Gasteiger partial charge in [0.2, 0.25) is 11.8 Å². The van der Waals surface area contributed by atoms with E-state index in [1.165, 1.54) is 18.9 Å². The number of nitrogens with zero attached hydrogens (tertiary/aromatic N) is 3. The first-order valence-corrected chi connectivity index (χ1v) is 9.76. The third kappa shape index (κ3) is 5.26. The van der Waals surface area contributed by atoms with E-state index in [9.17, 15) is 14.0 Å². The summed E-state index contributed by atoms with van der Waals surface area (Å²) in [5.41, 5.74) is 0.548. The van der Waals surface area contributed by atoms with E-state index in [1.807, 2.05) is 4.90 Å². The van der Waals surface area contributed by atoms with Gasteiger partial charge in [-0.25, -0.2) is 4.39 Å². The molecular formula is C20H29FN4O2. The monoisotopic (exact) mass is 376 g/mol. The number of rotatable bonds is 7. The Labute approximate surface area is 160 Å². The second-order valence-electron chi connectivity index (χ2n) is 7.44. The van der Waals surface area contributed by atoms with Crippen LogP contribution in [0.25, 0.3) is 0 Å². The van der Waals surface area contributed by atoms with E-state index in [-0.39, 0.29) is 24.1 Å². The summed E-state index contributed by atoms with van der Waals surface area (Å²) in [7, 11) is 1.79. The van der Waals surface area contributed by atoms with Crippen LogP contribution >= 0.6 is 0 Å². The highest BCUT2D eigenvalue weighted by Crippen LogP contribution is 2.17. The van der Waals surface area contributed by atoms with Crippen molar-refractivity contribution in [3.8, 4) is 0 Å². The minimum Gasteiger partial charge on any atom is -0.353 e. The van der Waals surface area contributed by atoms with Crippen molar-refractivity contribution in [2.75, 3.05) is 46.3 Å². The highest BCUT2D eigenvalue weighted by atomic mass is 19.1. The average molecular weight is 376 g/mol. The molecule has 1 atom stereocenters.